The van der Waals surface area contributed by atoms with Crippen LogP contribution in [0.15, 0.2) is 54.1 Å². The zero-order valence-electron chi connectivity index (χ0n) is 18.9. The number of hydrogen-bond acceptors (Lipinski definition) is 6. The fourth-order valence-corrected chi connectivity index (χ4v) is 3.17. The molecule has 0 aliphatic heterocycles. The first-order valence-electron chi connectivity index (χ1n) is 10.6. The minimum atomic E-state index is -0.935. The van der Waals surface area contributed by atoms with Gasteiger partial charge in [-0.25, -0.2) is 19.1 Å². The van der Waals surface area contributed by atoms with E-state index < -0.39 is 29.7 Å². The average Bonchev–Trinajstić information content (AvgIpc) is 2.82. The predicted octanol–water partition coefficient (Wildman–Crippen LogP) is 4.49. The van der Waals surface area contributed by atoms with Crippen molar-refractivity contribution in [3.63, 3.8) is 0 Å². The maximum Gasteiger partial charge on any atom is 0.412 e. The van der Waals surface area contributed by atoms with Crippen LogP contribution in [0.1, 0.15) is 38.4 Å². The van der Waals surface area contributed by atoms with E-state index >= 15 is 0 Å². The number of benzene rings is 2. The topological polar surface area (TPSA) is 117 Å². The molecule has 8 nitrogen and oxygen atoms in total. The summed E-state index contributed by atoms with van der Waals surface area (Å²) in [4.78, 5) is 23.9. The largest absolute Gasteiger partial charge is 0.491 e. The summed E-state index contributed by atoms with van der Waals surface area (Å²) in [6.07, 6.45) is 0.970. The number of nitrogens with one attached hydrogen (secondary N) is 2. The minimum Gasteiger partial charge on any atom is -0.491 e. The van der Waals surface area contributed by atoms with Crippen LogP contribution in [0.4, 0.5) is 19.3 Å². The number of allylic oxidation sites excluding steroid dienone is 1. The Morgan fingerprint density at radius 3 is 2.47 bits per heavy atom. The number of rotatable bonds is 11. The average molecular weight is 478 g/mol. The van der Waals surface area contributed by atoms with Crippen molar-refractivity contribution >= 4 is 17.7 Å². The molecule has 0 spiro atoms. The van der Waals surface area contributed by atoms with Crippen molar-refractivity contribution in [2.75, 3.05) is 18.5 Å². The summed E-state index contributed by atoms with van der Waals surface area (Å²) >= 11 is 0. The zero-order valence-corrected chi connectivity index (χ0v) is 18.9. The van der Waals surface area contributed by atoms with Crippen LogP contribution in [-0.2, 0) is 9.53 Å². The smallest absolute Gasteiger partial charge is 0.412 e. The van der Waals surface area contributed by atoms with Crippen LogP contribution in [0.5, 0.6) is 5.75 Å². The van der Waals surface area contributed by atoms with Crippen LogP contribution in [-0.4, -0.2) is 35.5 Å². The second kappa shape index (κ2) is 13.3. The van der Waals surface area contributed by atoms with Crippen molar-refractivity contribution < 1.29 is 38.2 Å². The molecule has 0 saturated heterocycles. The summed E-state index contributed by atoms with van der Waals surface area (Å²) in [5.74, 6) is -2.02. The van der Waals surface area contributed by atoms with Gasteiger partial charge in [0.25, 0.3) is 5.91 Å². The molecule has 2 rings (SSSR count). The quantitative estimate of drug-likeness (QED) is 0.215. The fourth-order valence-electron chi connectivity index (χ4n) is 3.17. The highest BCUT2D eigenvalue weighted by atomic mass is 19.1. The fraction of sp³-hybridized carbons (Fsp3) is 0.333. The van der Waals surface area contributed by atoms with Crippen molar-refractivity contribution in [2.24, 2.45) is 5.92 Å². The van der Waals surface area contributed by atoms with E-state index in [0.29, 0.717) is 35.8 Å². The van der Waals surface area contributed by atoms with Crippen LogP contribution < -0.4 is 15.5 Å². The molecule has 0 fully saturated rings. The predicted molar refractivity (Wildman–Crippen MR) is 120 cm³/mol. The number of aliphatic hydroxyl groups excluding tert-OH is 1. The van der Waals surface area contributed by atoms with Crippen molar-refractivity contribution in [3.8, 4) is 5.75 Å². The van der Waals surface area contributed by atoms with Gasteiger partial charge in [-0.2, -0.15) is 0 Å². The lowest BCUT2D eigenvalue weighted by molar-refractivity contribution is -0.125. The Bertz CT molecular complexity index is 997. The SMILES string of the molecule is C/C(=C\CC[C@@H](C)[C@H](OC(=O)Nc1ccc(F)cc1F)c1ccc(OCCO)cc1)C(=O)NO. The standard InChI is InChI=1S/C24H28F2N2O6/c1-15(4-3-5-16(2)23(30)28-32)22(17-6-9-19(10-7-17)33-13-12-29)34-24(31)27-21-11-8-18(25)14-20(21)26/h5-11,14-15,22,29,32H,3-4,12-13H2,1-2H3,(H,27,31)(H,28,30)/b16-5+/t15-,22+/m1/s1. The Morgan fingerprint density at radius 2 is 1.85 bits per heavy atom. The first-order chi connectivity index (χ1) is 16.2. The number of ether oxygens (including phenoxy) is 2. The highest BCUT2D eigenvalue weighted by molar-refractivity contribution is 5.91. The van der Waals surface area contributed by atoms with Crippen molar-refractivity contribution in [1.29, 1.82) is 0 Å². The summed E-state index contributed by atoms with van der Waals surface area (Å²) in [5, 5.41) is 19.9. The number of hydroxylamine groups is 1. The van der Waals surface area contributed by atoms with E-state index in [1.807, 2.05) is 6.92 Å². The number of aliphatic hydroxyl groups is 1. The highest BCUT2D eigenvalue weighted by Gasteiger charge is 2.24. The molecular weight excluding hydrogens is 450 g/mol. The second-order valence-electron chi connectivity index (χ2n) is 7.60. The first kappa shape index (κ1) is 26.7. The lowest BCUT2D eigenvalue weighted by Crippen LogP contribution is -2.22. The van der Waals surface area contributed by atoms with Gasteiger partial charge in [-0.1, -0.05) is 25.1 Å². The van der Waals surface area contributed by atoms with Gasteiger partial charge in [0.2, 0.25) is 0 Å². The van der Waals surface area contributed by atoms with Gasteiger partial charge >= 0.3 is 6.09 Å². The van der Waals surface area contributed by atoms with Crippen LogP contribution in [0.3, 0.4) is 0 Å². The molecule has 0 saturated carbocycles. The van der Waals surface area contributed by atoms with Crippen LogP contribution in [0.2, 0.25) is 0 Å². The van der Waals surface area contributed by atoms with Gasteiger partial charge < -0.3 is 14.6 Å². The third-order valence-electron chi connectivity index (χ3n) is 5.02. The van der Waals surface area contributed by atoms with Crippen LogP contribution >= 0.6 is 0 Å². The number of halogens is 2. The molecule has 0 bridgehead atoms. The van der Waals surface area contributed by atoms with Crippen molar-refractivity contribution in [3.05, 3.63) is 71.3 Å². The van der Waals surface area contributed by atoms with Crippen LogP contribution in [0, 0.1) is 17.6 Å². The maximum absolute atomic E-state index is 13.9. The third kappa shape index (κ3) is 8.13. The van der Waals surface area contributed by atoms with E-state index in [9.17, 15) is 18.4 Å². The monoisotopic (exact) mass is 478 g/mol. The Balaban J connectivity index is 2.16. The van der Waals surface area contributed by atoms with E-state index in [-0.39, 0.29) is 24.8 Å². The third-order valence-corrected chi connectivity index (χ3v) is 5.02. The first-order valence-corrected chi connectivity index (χ1v) is 10.6. The molecule has 2 amide bonds. The molecule has 0 aliphatic carbocycles. The van der Waals surface area contributed by atoms with Crippen LogP contribution in [0.25, 0.3) is 0 Å². The number of carbonyl (C=O) groups is 2. The van der Waals surface area contributed by atoms with Gasteiger partial charge in [0.1, 0.15) is 30.1 Å². The molecule has 0 heterocycles. The van der Waals surface area contributed by atoms with Gasteiger partial charge in [0, 0.05) is 11.6 Å². The Kier molecular flexibility index (Phi) is 10.4. The van der Waals surface area contributed by atoms with Crippen molar-refractivity contribution in [1.82, 2.24) is 5.48 Å². The normalized spacial score (nSPS) is 13.1. The van der Waals surface area contributed by atoms with E-state index in [4.69, 9.17) is 19.8 Å². The Morgan fingerprint density at radius 1 is 1.15 bits per heavy atom. The Hall–Kier alpha value is -3.50. The van der Waals surface area contributed by atoms with Gasteiger partial charge in [-0.05, 0) is 55.5 Å². The van der Waals surface area contributed by atoms with Gasteiger partial charge in [0.15, 0.2) is 0 Å². The summed E-state index contributed by atoms with van der Waals surface area (Å²) in [5.41, 5.74) is 2.32. The summed E-state index contributed by atoms with van der Waals surface area (Å²) < 4.78 is 38.0. The molecular formula is C24H28F2N2O6. The lowest BCUT2D eigenvalue weighted by atomic mass is 9.92. The summed E-state index contributed by atoms with van der Waals surface area (Å²) in [7, 11) is 0. The number of amides is 2. The molecule has 0 aromatic heterocycles. The molecule has 10 heteroatoms. The second-order valence-corrected chi connectivity index (χ2v) is 7.60. The molecule has 2 aromatic carbocycles. The molecule has 0 unspecified atom stereocenters. The number of carbonyl (C=O) groups excluding carboxylic acids is 2. The molecule has 34 heavy (non-hydrogen) atoms. The summed E-state index contributed by atoms with van der Waals surface area (Å²) in [6, 6.07) is 9.51. The van der Waals surface area contributed by atoms with E-state index in [2.05, 4.69) is 5.32 Å². The number of hydrogen-bond donors (Lipinski definition) is 4. The molecule has 0 radical (unpaired) electrons. The van der Waals surface area contributed by atoms with Crippen molar-refractivity contribution in [2.45, 2.75) is 32.8 Å². The highest BCUT2D eigenvalue weighted by Crippen LogP contribution is 2.31. The Labute approximate surface area is 196 Å². The van der Waals surface area contributed by atoms with E-state index in [0.717, 1.165) is 12.1 Å². The molecule has 2 atom stereocenters. The molecule has 184 valence electrons. The van der Waals surface area contributed by atoms with Gasteiger partial charge in [0.05, 0.1) is 12.3 Å². The number of anilines is 1. The lowest BCUT2D eigenvalue weighted by Gasteiger charge is -2.25. The molecule has 2 aromatic rings. The summed E-state index contributed by atoms with van der Waals surface area (Å²) in [6.45, 7) is 3.40. The van der Waals surface area contributed by atoms with Gasteiger partial charge in [-0.15, -0.1) is 0 Å². The minimum absolute atomic E-state index is 0.133. The van der Waals surface area contributed by atoms with Gasteiger partial charge in [-0.3, -0.25) is 15.3 Å². The van der Waals surface area contributed by atoms with E-state index in [1.54, 1.807) is 42.7 Å². The molecule has 0 aliphatic rings. The maximum atomic E-state index is 13.9. The zero-order chi connectivity index (χ0) is 25.1. The molecule has 4 N–H and O–H groups in total. The van der Waals surface area contributed by atoms with E-state index in [1.165, 1.54) is 0 Å².